The quantitative estimate of drug-likeness (QED) is 0.0245. The lowest BCUT2D eigenvalue weighted by molar-refractivity contribution is -0.870. The summed E-state index contributed by atoms with van der Waals surface area (Å²) in [7, 11) is 1.58. The number of allylic oxidation sites excluding steroid dienone is 10. The molecule has 0 bridgehead atoms. The van der Waals surface area contributed by atoms with Gasteiger partial charge in [0.25, 0.3) is 0 Å². The molecule has 3 N–H and O–H groups in total. The fraction of sp³-hybridized carbons (Fsp3) is 0.771. The molecule has 0 aromatic heterocycles. The third kappa shape index (κ3) is 42.1. The molecule has 0 saturated heterocycles. The topological polar surface area (TPSA) is 105 Å². The zero-order valence-electron chi connectivity index (χ0n) is 37.6. The number of rotatable bonds is 41. The van der Waals surface area contributed by atoms with Gasteiger partial charge in [-0.15, -0.1) is 0 Å². The first kappa shape index (κ1) is 55.2. The highest BCUT2D eigenvalue weighted by molar-refractivity contribution is 7.47. The SMILES string of the molecule is CC/C=C\C/C=C\C/C=C\C/C=C\C/C=C\CCCCCC(=O)NC(COP(=O)(O)OCC[N+](C)(C)C)C(O)CCCCCCCCCCCCCCCCCC. The largest absolute Gasteiger partial charge is 0.472 e. The van der Waals surface area contributed by atoms with Crippen molar-refractivity contribution in [1.29, 1.82) is 0 Å². The number of phosphoric ester groups is 1. The summed E-state index contributed by atoms with van der Waals surface area (Å²) in [6, 6.07) is -0.780. The van der Waals surface area contributed by atoms with Gasteiger partial charge in [0.1, 0.15) is 13.2 Å². The predicted molar refractivity (Wildman–Crippen MR) is 244 cm³/mol. The van der Waals surface area contributed by atoms with Crippen LogP contribution in [0.5, 0.6) is 0 Å². The number of carbonyl (C=O) groups excluding carboxylic acids is 1. The van der Waals surface area contributed by atoms with E-state index < -0.39 is 20.0 Å². The maximum atomic E-state index is 12.9. The lowest BCUT2D eigenvalue weighted by atomic mass is 10.0. The molecule has 3 atom stereocenters. The molecule has 1 amide bonds. The third-order valence-corrected chi connectivity index (χ3v) is 11.0. The van der Waals surface area contributed by atoms with Crippen LogP contribution in [0.2, 0.25) is 0 Å². The number of quaternary nitrogens is 1. The van der Waals surface area contributed by atoms with Crippen molar-refractivity contribution in [2.75, 3.05) is 40.9 Å². The Hall–Kier alpha value is -1.80. The zero-order valence-corrected chi connectivity index (χ0v) is 38.5. The molecule has 0 aromatic rings. The molecule has 332 valence electrons. The van der Waals surface area contributed by atoms with E-state index >= 15 is 0 Å². The molecule has 0 aromatic carbocycles. The van der Waals surface area contributed by atoms with Gasteiger partial charge >= 0.3 is 7.82 Å². The van der Waals surface area contributed by atoms with Crippen molar-refractivity contribution in [3.63, 3.8) is 0 Å². The van der Waals surface area contributed by atoms with Crippen molar-refractivity contribution in [3.05, 3.63) is 60.8 Å². The molecular weight excluding hydrogens is 732 g/mol. The van der Waals surface area contributed by atoms with E-state index in [4.69, 9.17) is 9.05 Å². The molecule has 0 spiro atoms. The fourth-order valence-corrected chi connectivity index (χ4v) is 7.10. The van der Waals surface area contributed by atoms with Gasteiger partial charge in [-0.1, -0.05) is 184 Å². The highest BCUT2D eigenvalue weighted by Gasteiger charge is 2.28. The average Bonchev–Trinajstić information content (AvgIpc) is 3.16. The number of aliphatic hydroxyl groups is 1. The van der Waals surface area contributed by atoms with Crippen LogP contribution >= 0.6 is 7.82 Å². The highest BCUT2D eigenvalue weighted by atomic mass is 31.2. The van der Waals surface area contributed by atoms with Crippen molar-refractivity contribution in [3.8, 4) is 0 Å². The van der Waals surface area contributed by atoms with E-state index in [-0.39, 0.29) is 19.1 Å². The summed E-state index contributed by atoms with van der Waals surface area (Å²) in [5, 5.41) is 14.0. The Bertz CT molecular complexity index is 1110. The standard InChI is InChI=1S/C48H89N2O6P/c1-6-8-10-12-14-16-18-20-22-24-25-26-28-30-32-34-36-38-40-42-48(52)49-46(45-56-57(53,54)55-44-43-50(3,4)5)47(51)41-39-37-35-33-31-29-27-23-21-19-17-15-13-11-9-7-2/h8,10,14,16,20,22,25-26,30,32,46-47,51H,6-7,9,11-13,15,17-19,21,23-24,27-29,31,33-45H2,1-5H3,(H-,49,52,53,54)/p+1/b10-8-,16-14-,22-20-,26-25-,32-30-. The van der Waals surface area contributed by atoms with Crippen molar-refractivity contribution >= 4 is 13.7 Å². The number of hydrogen-bond donors (Lipinski definition) is 3. The van der Waals surface area contributed by atoms with E-state index in [0.717, 1.165) is 77.0 Å². The first-order valence-electron chi connectivity index (χ1n) is 23.2. The van der Waals surface area contributed by atoms with Crippen molar-refractivity contribution in [2.45, 2.75) is 199 Å². The van der Waals surface area contributed by atoms with Crippen molar-refractivity contribution in [1.82, 2.24) is 5.32 Å². The van der Waals surface area contributed by atoms with E-state index in [1.807, 2.05) is 21.1 Å². The molecule has 57 heavy (non-hydrogen) atoms. The van der Waals surface area contributed by atoms with Crippen molar-refractivity contribution < 1.29 is 32.9 Å². The van der Waals surface area contributed by atoms with Crippen LogP contribution in [0.3, 0.4) is 0 Å². The van der Waals surface area contributed by atoms with Gasteiger partial charge in [-0.3, -0.25) is 13.8 Å². The second-order valence-electron chi connectivity index (χ2n) is 16.8. The number of carbonyl (C=O) groups is 1. The van der Waals surface area contributed by atoms with E-state index in [1.165, 1.54) is 83.5 Å². The van der Waals surface area contributed by atoms with Crippen LogP contribution in [0.15, 0.2) is 60.8 Å². The molecule has 0 aliphatic rings. The molecule has 8 nitrogen and oxygen atoms in total. The minimum Gasteiger partial charge on any atom is -0.391 e. The molecule has 0 heterocycles. The lowest BCUT2D eigenvalue weighted by Gasteiger charge is -2.26. The second-order valence-corrected chi connectivity index (χ2v) is 18.2. The Morgan fingerprint density at radius 2 is 1.05 bits per heavy atom. The first-order chi connectivity index (χ1) is 27.5. The molecule has 3 unspecified atom stereocenters. The number of unbranched alkanes of at least 4 members (excludes halogenated alkanes) is 18. The van der Waals surface area contributed by atoms with Crippen LogP contribution < -0.4 is 5.32 Å². The minimum atomic E-state index is -4.33. The summed E-state index contributed by atoms with van der Waals surface area (Å²) in [5.41, 5.74) is 0. The normalized spacial score (nSPS) is 14.9. The predicted octanol–water partition coefficient (Wildman–Crippen LogP) is 13.0. The summed E-state index contributed by atoms with van der Waals surface area (Å²) >= 11 is 0. The molecule has 9 heteroatoms. The van der Waals surface area contributed by atoms with Crippen LogP contribution in [0.25, 0.3) is 0 Å². The van der Waals surface area contributed by atoms with Gasteiger partial charge in [0.15, 0.2) is 0 Å². The number of nitrogens with zero attached hydrogens (tertiary/aromatic N) is 1. The van der Waals surface area contributed by atoms with Gasteiger partial charge in [0.05, 0.1) is 39.9 Å². The number of aliphatic hydroxyl groups excluding tert-OH is 1. The van der Waals surface area contributed by atoms with E-state index in [0.29, 0.717) is 23.9 Å². The summed E-state index contributed by atoms with van der Waals surface area (Å²) in [6.07, 6.45) is 51.0. The van der Waals surface area contributed by atoms with E-state index in [1.54, 1.807) is 0 Å². The molecule has 0 radical (unpaired) electrons. The van der Waals surface area contributed by atoms with Gasteiger partial charge in [0.2, 0.25) is 5.91 Å². The second kappa shape index (κ2) is 39.6. The number of nitrogens with one attached hydrogen (secondary N) is 1. The minimum absolute atomic E-state index is 0.0652. The van der Waals surface area contributed by atoms with Crippen LogP contribution in [-0.4, -0.2) is 73.4 Å². The fourth-order valence-electron chi connectivity index (χ4n) is 6.37. The smallest absolute Gasteiger partial charge is 0.391 e. The van der Waals surface area contributed by atoms with Crippen LogP contribution in [0.1, 0.15) is 187 Å². The number of amides is 1. The van der Waals surface area contributed by atoms with Gasteiger partial charge in [-0.2, -0.15) is 0 Å². The average molecular weight is 822 g/mol. The van der Waals surface area contributed by atoms with E-state index in [2.05, 4.69) is 79.9 Å². The van der Waals surface area contributed by atoms with Gasteiger partial charge in [-0.25, -0.2) is 4.57 Å². The Balaban J connectivity index is 4.43. The maximum Gasteiger partial charge on any atom is 0.472 e. The lowest BCUT2D eigenvalue weighted by Crippen LogP contribution is -2.46. The van der Waals surface area contributed by atoms with Crippen LogP contribution in [0, 0.1) is 0 Å². The summed E-state index contributed by atoms with van der Waals surface area (Å²) in [5.74, 6) is -0.178. The molecule has 0 fully saturated rings. The molecule has 0 aliphatic heterocycles. The van der Waals surface area contributed by atoms with Crippen LogP contribution in [-0.2, 0) is 18.4 Å². The van der Waals surface area contributed by atoms with E-state index in [9.17, 15) is 19.4 Å². The first-order valence-corrected chi connectivity index (χ1v) is 24.6. The summed E-state index contributed by atoms with van der Waals surface area (Å²) < 4.78 is 23.6. The molecule has 0 saturated carbocycles. The summed E-state index contributed by atoms with van der Waals surface area (Å²) in [6.45, 7) is 4.74. The number of likely N-dealkylation sites (N-methyl/N-ethyl adjacent to an activating group) is 1. The maximum absolute atomic E-state index is 12.9. The van der Waals surface area contributed by atoms with Crippen molar-refractivity contribution in [2.24, 2.45) is 0 Å². The Kier molecular flexibility index (Phi) is 38.4. The highest BCUT2D eigenvalue weighted by Crippen LogP contribution is 2.43. The number of phosphoric acid groups is 1. The summed E-state index contributed by atoms with van der Waals surface area (Å²) in [4.78, 5) is 23.2. The van der Waals surface area contributed by atoms with Crippen LogP contribution in [0.4, 0.5) is 0 Å². The Morgan fingerprint density at radius 3 is 1.53 bits per heavy atom. The zero-order chi connectivity index (χ0) is 42.1. The molecular formula is C48H90N2O6P+. The third-order valence-electron chi connectivity index (χ3n) is 10.0. The molecule has 0 rings (SSSR count). The van der Waals surface area contributed by atoms with Gasteiger partial charge < -0.3 is 19.8 Å². The monoisotopic (exact) mass is 822 g/mol. The Morgan fingerprint density at radius 1 is 0.614 bits per heavy atom. The Labute approximate surface area is 351 Å². The molecule has 0 aliphatic carbocycles. The van der Waals surface area contributed by atoms with Gasteiger partial charge in [0, 0.05) is 6.42 Å². The number of hydrogen-bond acceptors (Lipinski definition) is 5. The van der Waals surface area contributed by atoms with Gasteiger partial charge in [-0.05, 0) is 57.8 Å².